The van der Waals surface area contributed by atoms with E-state index >= 15 is 0 Å². The number of ether oxygens (including phenoxy) is 2. The van der Waals surface area contributed by atoms with Gasteiger partial charge in [-0.15, -0.1) is 10.2 Å². The van der Waals surface area contributed by atoms with E-state index in [-0.39, 0.29) is 11.4 Å². The first-order valence-corrected chi connectivity index (χ1v) is 9.73. The average Bonchev–Trinajstić information content (AvgIpc) is 2.83. The Morgan fingerprint density at radius 1 is 0.594 bits per heavy atom. The predicted molar refractivity (Wildman–Crippen MR) is 116 cm³/mol. The summed E-state index contributed by atoms with van der Waals surface area (Å²) in [7, 11) is 3.09. The van der Waals surface area contributed by atoms with Crippen LogP contribution in [0.5, 0.6) is 11.5 Å². The number of hydrogen-bond donors (Lipinski definition) is 0. The molecule has 0 aliphatic heterocycles. The first kappa shape index (κ1) is 21.4. The number of hydrogen-bond acceptors (Lipinski definition) is 4. The van der Waals surface area contributed by atoms with Gasteiger partial charge in [0.05, 0.1) is 25.5 Å². The van der Waals surface area contributed by atoms with Crippen LogP contribution in [0, 0.1) is 0 Å². The van der Waals surface area contributed by atoms with Crippen molar-refractivity contribution in [3.8, 4) is 45.1 Å². The number of benzene rings is 3. The van der Waals surface area contributed by atoms with Crippen LogP contribution in [-0.4, -0.2) is 24.4 Å². The molecule has 4 rings (SSSR count). The van der Waals surface area contributed by atoms with E-state index in [1.54, 1.807) is 31.4 Å². The largest absolute Gasteiger partial charge is 0.497 e. The van der Waals surface area contributed by atoms with E-state index in [1.165, 1.54) is 19.2 Å². The molecule has 0 radical (unpaired) electrons. The van der Waals surface area contributed by atoms with Gasteiger partial charge in [-0.25, -0.2) is 0 Å². The fourth-order valence-corrected chi connectivity index (χ4v) is 3.33. The van der Waals surface area contributed by atoms with Gasteiger partial charge in [0, 0.05) is 11.1 Å². The molecule has 7 heteroatoms. The van der Waals surface area contributed by atoms with Crippen LogP contribution < -0.4 is 9.47 Å². The molecule has 1 heterocycles. The molecule has 1 aromatic heterocycles. The first-order chi connectivity index (χ1) is 15.4. The normalized spacial score (nSPS) is 11.3. The summed E-state index contributed by atoms with van der Waals surface area (Å²) in [6.45, 7) is 0. The SMILES string of the molecule is COc1ccc(-c2ccc(-c3cc(C(F)(F)F)c(-c4ccc(OC)cc4)nn3)cc2)cc1. The Kier molecular flexibility index (Phi) is 5.81. The van der Waals surface area contributed by atoms with Crippen LogP contribution in [0.4, 0.5) is 13.2 Å². The first-order valence-electron chi connectivity index (χ1n) is 9.73. The van der Waals surface area contributed by atoms with Gasteiger partial charge in [0.1, 0.15) is 17.2 Å². The predicted octanol–water partition coefficient (Wildman–Crippen LogP) is 6.51. The smallest absolute Gasteiger partial charge is 0.418 e. The molecule has 4 aromatic rings. The Labute approximate surface area is 183 Å². The lowest BCUT2D eigenvalue weighted by Crippen LogP contribution is -2.10. The summed E-state index contributed by atoms with van der Waals surface area (Å²) < 4.78 is 51.7. The number of halogens is 3. The van der Waals surface area contributed by atoms with Gasteiger partial charge in [0.2, 0.25) is 0 Å². The van der Waals surface area contributed by atoms with E-state index < -0.39 is 11.7 Å². The number of methoxy groups -OCH3 is 2. The summed E-state index contributed by atoms with van der Waals surface area (Å²) in [4.78, 5) is 0. The van der Waals surface area contributed by atoms with Gasteiger partial charge in [-0.05, 0) is 53.6 Å². The monoisotopic (exact) mass is 436 g/mol. The number of alkyl halides is 3. The van der Waals surface area contributed by atoms with E-state index in [9.17, 15) is 13.2 Å². The molecule has 0 aliphatic rings. The highest BCUT2D eigenvalue weighted by Crippen LogP contribution is 2.38. The van der Waals surface area contributed by atoms with Crippen molar-refractivity contribution in [1.29, 1.82) is 0 Å². The fourth-order valence-electron chi connectivity index (χ4n) is 3.33. The zero-order valence-electron chi connectivity index (χ0n) is 17.4. The van der Waals surface area contributed by atoms with Crippen molar-refractivity contribution in [3.05, 3.63) is 84.4 Å². The zero-order chi connectivity index (χ0) is 22.7. The molecule has 3 aromatic carbocycles. The molecule has 0 atom stereocenters. The summed E-state index contributed by atoms with van der Waals surface area (Å²) >= 11 is 0. The maximum absolute atomic E-state index is 13.8. The molecule has 0 bridgehead atoms. The van der Waals surface area contributed by atoms with Gasteiger partial charge in [-0.3, -0.25) is 0 Å². The molecule has 0 amide bonds. The molecule has 0 saturated carbocycles. The highest BCUT2D eigenvalue weighted by Gasteiger charge is 2.35. The lowest BCUT2D eigenvalue weighted by molar-refractivity contribution is -0.137. The second-order valence-corrected chi connectivity index (χ2v) is 7.02. The van der Waals surface area contributed by atoms with Crippen LogP contribution in [-0.2, 0) is 6.18 Å². The van der Waals surface area contributed by atoms with Gasteiger partial charge in [-0.1, -0.05) is 36.4 Å². The second kappa shape index (κ2) is 8.70. The van der Waals surface area contributed by atoms with Gasteiger partial charge in [0.15, 0.2) is 0 Å². The van der Waals surface area contributed by atoms with E-state index in [2.05, 4.69) is 10.2 Å². The number of nitrogens with zero attached hydrogens (tertiary/aromatic N) is 2. The number of aromatic nitrogens is 2. The summed E-state index contributed by atoms with van der Waals surface area (Å²) in [5.74, 6) is 1.29. The Bertz CT molecular complexity index is 1200. The molecule has 0 unspecified atom stereocenters. The maximum atomic E-state index is 13.8. The molecular weight excluding hydrogens is 417 g/mol. The summed E-state index contributed by atoms with van der Waals surface area (Å²) in [6.07, 6.45) is -4.58. The van der Waals surface area contributed by atoms with Crippen LogP contribution in [0.3, 0.4) is 0 Å². The molecule has 0 fully saturated rings. The van der Waals surface area contributed by atoms with E-state index in [1.807, 2.05) is 36.4 Å². The third-order valence-electron chi connectivity index (χ3n) is 5.07. The van der Waals surface area contributed by atoms with Crippen molar-refractivity contribution in [2.45, 2.75) is 6.18 Å². The van der Waals surface area contributed by atoms with Gasteiger partial charge < -0.3 is 9.47 Å². The maximum Gasteiger partial charge on any atom is 0.418 e. The highest BCUT2D eigenvalue weighted by molar-refractivity contribution is 5.71. The van der Waals surface area contributed by atoms with E-state index in [4.69, 9.17) is 9.47 Å². The summed E-state index contributed by atoms with van der Waals surface area (Å²) in [5, 5.41) is 7.99. The molecule has 0 spiro atoms. The number of rotatable bonds is 5. The highest BCUT2D eigenvalue weighted by atomic mass is 19.4. The van der Waals surface area contributed by atoms with Crippen LogP contribution in [0.25, 0.3) is 33.6 Å². The van der Waals surface area contributed by atoms with Gasteiger partial charge in [0.25, 0.3) is 0 Å². The van der Waals surface area contributed by atoms with Crippen molar-refractivity contribution < 1.29 is 22.6 Å². The van der Waals surface area contributed by atoms with Crippen LogP contribution in [0.2, 0.25) is 0 Å². The Morgan fingerprint density at radius 2 is 1.03 bits per heavy atom. The molecule has 0 saturated heterocycles. The third-order valence-corrected chi connectivity index (χ3v) is 5.07. The minimum Gasteiger partial charge on any atom is -0.497 e. The molecule has 162 valence electrons. The van der Waals surface area contributed by atoms with Gasteiger partial charge >= 0.3 is 6.18 Å². The summed E-state index contributed by atoms with van der Waals surface area (Å²) in [6, 6.07) is 21.9. The topological polar surface area (TPSA) is 44.2 Å². The zero-order valence-corrected chi connectivity index (χ0v) is 17.4. The molecule has 4 nitrogen and oxygen atoms in total. The molecule has 32 heavy (non-hydrogen) atoms. The van der Waals surface area contributed by atoms with Crippen LogP contribution in [0.1, 0.15) is 5.56 Å². The standard InChI is InChI=1S/C25H19F3N2O2/c1-31-20-11-7-17(8-12-20)16-3-5-18(6-4-16)23-15-22(25(26,27)28)24(30-29-23)19-9-13-21(32-2)14-10-19/h3-15H,1-2H3. The second-order valence-electron chi connectivity index (χ2n) is 7.02. The van der Waals surface area contributed by atoms with E-state index in [0.717, 1.165) is 22.9 Å². The van der Waals surface area contributed by atoms with Crippen molar-refractivity contribution in [3.63, 3.8) is 0 Å². The minimum absolute atomic E-state index is 0.149. The van der Waals surface area contributed by atoms with Gasteiger partial charge in [-0.2, -0.15) is 13.2 Å². The average molecular weight is 436 g/mol. The molecule has 0 aliphatic carbocycles. The summed E-state index contributed by atoms with van der Waals surface area (Å²) in [5.41, 5.74) is 1.83. The Hall–Kier alpha value is -3.87. The van der Waals surface area contributed by atoms with Crippen molar-refractivity contribution in [2.75, 3.05) is 14.2 Å². The lowest BCUT2D eigenvalue weighted by Gasteiger charge is -2.13. The quantitative estimate of drug-likeness (QED) is 0.358. The van der Waals surface area contributed by atoms with Crippen molar-refractivity contribution in [1.82, 2.24) is 10.2 Å². The Morgan fingerprint density at radius 3 is 1.50 bits per heavy atom. The van der Waals surface area contributed by atoms with Crippen LogP contribution >= 0.6 is 0 Å². The van der Waals surface area contributed by atoms with E-state index in [0.29, 0.717) is 16.9 Å². The van der Waals surface area contributed by atoms with Crippen molar-refractivity contribution in [2.24, 2.45) is 0 Å². The molecule has 0 N–H and O–H groups in total. The minimum atomic E-state index is -4.58. The van der Waals surface area contributed by atoms with Crippen LogP contribution in [0.15, 0.2) is 78.9 Å². The lowest BCUT2D eigenvalue weighted by atomic mass is 10.0. The Balaban J connectivity index is 1.69. The van der Waals surface area contributed by atoms with Crippen molar-refractivity contribution >= 4 is 0 Å². The fraction of sp³-hybridized carbons (Fsp3) is 0.120. The molecular formula is C25H19F3N2O2. The third kappa shape index (κ3) is 4.42.